The van der Waals surface area contributed by atoms with Gasteiger partial charge in [-0.05, 0) is 37.3 Å². The largest absolute Gasteiger partial charge is 0.330 e. The molecule has 1 saturated carbocycles. The summed E-state index contributed by atoms with van der Waals surface area (Å²) in [6, 6.07) is 8.19. The quantitative estimate of drug-likeness (QED) is 0.662. The van der Waals surface area contributed by atoms with Crippen molar-refractivity contribution in [3.8, 4) is 0 Å². The monoisotopic (exact) mass is 259 g/mol. The van der Waals surface area contributed by atoms with E-state index in [1.165, 1.54) is 12.8 Å². The summed E-state index contributed by atoms with van der Waals surface area (Å²) in [7, 11) is 0. The van der Waals surface area contributed by atoms with Gasteiger partial charge in [-0.2, -0.15) is 0 Å². The molecule has 1 aliphatic carbocycles. The van der Waals surface area contributed by atoms with E-state index in [9.17, 15) is 0 Å². The van der Waals surface area contributed by atoms with Gasteiger partial charge in [0.25, 0.3) is 0 Å². The van der Waals surface area contributed by atoms with Gasteiger partial charge in [-0.3, -0.25) is 0 Å². The molecule has 0 saturated heterocycles. The molecular formula is C14H17N3S. The molecule has 2 N–H and O–H groups in total. The fraction of sp³-hybridized carbons (Fsp3) is 0.429. The van der Waals surface area contributed by atoms with E-state index in [0.29, 0.717) is 5.41 Å². The van der Waals surface area contributed by atoms with Crippen molar-refractivity contribution in [3.63, 3.8) is 0 Å². The molecule has 1 aromatic carbocycles. The Morgan fingerprint density at radius 3 is 2.83 bits per heavy atom. The molecule has 0 atom stereocenters. The summed E-state index contributed by atoms with van der Waals surface area (Å²) < 4.78 is 0. The third-order valence-electron chi connectivity index (χ3n) is 3.65. The molecule has 2 aromatic rings. The van der Waals surface area contributed by atoms with Gasteiger partial charge in [0, 0.05) is 11.1 Å². The zero-order chi connectivity index (χ0) is 12.4. The van der Waals surface area contributed by atoms with Crippen LogP contribution in [0.3, 0.4) is 0 Å². The van der Waals surface area contributed by atoms with E-state index in [1.54, 1.807) is 6.33 Å². The molecule has 1 heterocycles. The molecule has 3 rings (SSSR count). The number of hydrogen-bond donors (Lipinski definition) is 1. The summed E-state index contributed by atoms with van der Waals surface area (Å²) >= 11 is 1.85. The van der Waals surface area contributed by atoms with Gasteiger partial charge in [0.05, 0.1) is 5.52 Å². The molecule has 1 aliphatic rings. The van der Waals surface area contributed by atoms with Crippen LogP contribution in [-0.4, -0.2) is 22.3 Å². The van der Waals surface area contributed by atoms with Gasteiger partial charge in [0.2, 0.25) is 0 Å². The number of thioether (sulfide) groups is 1. The average Bonchev–Trinajstić information content (AvgIpc) is 3.17. The number of benzene rings is 1. The topological polar surface area (TPSA) is 51.8 Å². The highest BCUT2D eigenvalue weighted by Crippen LogP contribution is 2.51. The van der Waals surface area contributed by atoms with E-state index >= 15 is 0 Å². The van der Waals surface area contributed by atoms with Crippen molar-refractivity contribution in [3.05, 3.63) is 30.6 Å². The molecule has 0 amide bonds. The number of rotatable bonds is 5. The van der Waals surface area contributed by atoms with E-state index in [0.717, 1.165) is 34.6 Å². The molecule has 3 nitrogen and oxygen atoms in total. The van der Waals surface area contributed by atoms with Crippen LogP contribution in [0.2, 0.25) is 0 Å². The van der Waals surface area contributed by atoms with E-state index < -0.39 is 0 Å². The summed E-state index contributed by atoms with van der Waals surface area (Å²) in [5.74, 6) is 1.13. The minimum absolute atomic E-state index is 0.492. The fourth-order valence-electron chi connectivity index (χ4n) is 2.27. The van der Waals surface area contributed by atoms with Crippen molar-refractivity contribution in [1.82, 2.24) is 9.97 Å². The summed E-state index contributed by atoms with van der Waals surface area (Å²) in [5, 5.41) is 2.26. The fourth-order valence-corrected chi connectivity index (χ4v) is 3.59. The Bertz CT molecular complexity index is 546. The van der Waals surface area contributed by atoms with Crippen LogP contribution in [0.5, 0.6) is 0 Å². The molecule has 0 aliphatic heterocycles. The Morgan fingerprint density at radius 1 is 1.22 bits per heavy atom. The van der Waals surface area contributed by atoms with Gasteiger partial charge in [-0.15, -0.1) is 11.8 Å². The van der Waals surface area contributed by atoms with Gasteiger partial charge < -0.3 is 5.73 Å². The third-order valence-corrected chi connectivity index (χ3v) is 5.01. The van der Waals surface area contributed by atoms with Crippen LogP contribution >= 0.6 is 11.8 Å². The summed E-state index contributed by atoms with van der Waals surface area (Å²) in [6.07, 6.45) is 5.44. The minimum Gasteiger partial charge on any atom is -0.330 e. The summed E-state index contributed by atoms with van der Waals surface area (Å²) in [4.78, 5) is 8.71. The highest BCUT2D eigenvalue weighted by molar-refractivity contribution is 7.99. The zero-order valence-electron chi connectivity index (χ0n) is 10.3. The van der Waals surface area contributed by atoms with Crippen LogP contribution in [0, 0.1) is 5.41 Å². The lowest BCUT2D eigenvalue weighted by atomic mass is 10.1. The normalized spacial score (nSPS) is 16.9. The molecule has 4 heteroatoms. The number of nitrogens with two attached hydrogens (primary N) is 1. The van der Waals surface area contributed by atoms with Gasteiger partial charge in [-0.1, -0.05) is 18.2 Å². The van der Waals surface area contributed by atoms with Crippen molar-refractivity contribution in [2.75, 3.05) is 12.3 Å². The van der Waals surface area contributed by atoms with Crippen LogP contribution < -0.4 is 5.73 Å². The van der Waals surface area contributed by atoms with E-state index in [-0.39, 0.29) is 0 Å². The number of hydrogen-bond acceptors (Lipinski definition) is 4. The Kier molecular flexibility index (Phi) is 3.22. The van der Waals surface area contributed by atoms with Crippen molar-refractivity contribution >= 4 is 22.7 Å². The molecule has 1 fully saturated rings. The Morgan fingerprint density at radius 2 is 2.06 bits per heavy atom. The maximum absolute atomic E-state index is 5.68. The first-order valence-corrected chi connectivity index (χ1v) is 7.34. The smallest absolute Gasteiger partial charge is 0.117 e. The standard InChI is InChI=1S/C14H17N3S/c15-8-7-14(5-6-14)9-18-13-11-3-1-2-4-12(11)16-10-17-13/h1-4,10H,5-9,15H2. The second-order valence-corrected chi connectivity index (χ2v) is 5.99. The molecule has 0 radical (unpaired) electrons. The van der Waals surface area contributed by atoms with Crippen molar-refractivity contribution in [2.24, 2.45) is 11.1 Å². The van der Waals surface area contributed by atoms with Gasteiger partial charge in [0.1, 0.15) is 11.4 Å². The molecule has 18 heavy (non-hydrogen) atoms. The predicted molar refractivity (Wildman–Crippen MR) is 75.6 cm³/mol. The van der Waals surface area contributed by atoms with E-state index in [1.807, 2.05) is 30.0 Å². The molecular weight excluding hydrogens is 242 g/mol. The van der Waals surface area contributed by atoms with Gasteiger partial charge in [0.15, 0.2) is 0 Å². The van der Waals surface area contributed by atoms with Gasteiger partial charge in [-0.25, -0.2) is 9.97 Å². The van der Waals surface area contributed by atoms with Crippen LogP contribution in [-0.2, 0) is 0 Å². The number of para-hydroxylation sites is 1. The first kappa shape index (κ1) is 11.9. The Hall–Kier alpha value is -1.13. The maximum Gasteiger partial charge on any atom is 0.117 e. The Labute approximate surface area is 111 Å². The molecule has 1 aromatic heterocycles. The second kappa shape index (κ2) is 4.86. The summed E-state index contributed by atoms with van der Waals surface area (Å²) in [5.41, 5.74) is 7.20. The van der Waals surface area contributed by atoms with Crippen LogP contribution in [0.15, 0.2) is 35.6 Å². The van der Waals surface area contributed by atoms with Crippen LogP contribution in [0.25, 0.3) is 10.9 Å². The highest BCUT2D eigenvalue weighted by atomic mass is 32.2. The third kappa shape index (κ3) is 2.35. The summed E-state index contributed by atoms with van der Waals surface area (Å²) in [6.45, 7) is 0.797. The van der Waals surface area contributed by atoms with Crippen molar-refractivity contribution < 1.29 is 0 Å². The van der Waals surface area contributed by atoms with Crippen molar-refractivity contribution in [2.45, 2.75) is 24.3 Å². The molecule has 0 spiro atoms. The predicted octanol–water partition coefficient (Wildman–Crippen LogP) is 2.85. The van der Waals surface area contributed by atoms with E-state index in [2.05, 4.69) is 16.0 Å². The van der Waals surface area contributed by atoms with Crippen LogP contribution in [0.1, 0.15) is 19.3 Å². The molecule has 0 bridgehead atoms. The lowest BCUT2D eigenvalue weighted by Crippen LogP contribution is -2.11. The second-order valence-electron chi connectivity index (χ2n) is 5.02. The molecule has 0 unspecified atom stereocenters. The van der Waals surface area contributed by atoms with Crippen LogP contribution in [0.4, 0.5) is 0 Å². The first-order chi connectivity index (χ1) is 8.83. The first-order valence-electron chi connectivity index (χ1n) is 6.36. The highest BCUT2D eigenvalue weighted by Gasteiger charge is 2.41. The molecule has 94 valence electrons. The number of nitrogens with zero attached hydrogens (tertiary/aromatic N) is 2. The number of aromatic nitrogens is 2. The SMILES string of the molecule is NCCC1(CSc2ncnc3ccccc23)CC1. The Balaban J connectivity index is 1.79. The lowest BCUT2D eigenvalue weighted by molar-refractivity contribution is 0.537. The van der Waals surface area contributed by atoms with Crippen molar-refractivity contribution in [1.29, 1.82) is 0 Å². The lowest BCUT2D eigenvalue weighted by Gasteiger charge is -2.13. The zero-order valence-corrected chi connectivity index (χ0v) is 11.1. The van der Waals surface area contributed by atoms with E-state index in [4.69, 9.17) is 5.73 Å². The maximum atomic E-state index is 5.68. The van der Waals surface area contributed by atoms with Gasteiger partial charge >= 0.3 is 0 Å². The average molecular weight is 259 g/mol. The minimum atomic E-state index is 0.492. The number of fused-ring (bicyclic) bond motifs is 1.